The van der Waals surface area contributed by atoms with Crippen LogP contribution in [-0.2, 0) is 11.5 Å². The molecular weight excluding hydrogens is 546 g/mol. The van der Waals surface area contributed by atoms with Crippen molar-refractivity contribution in [2.45, 2.75) is 52.7 Å². The molecule has 1 amide bonds. The standard InChI is InChI=1S/C30H36F2N4O4Si/c1-6-11-36(25-16-22(33)8-10-27(25)40-26-9-7-21(31)15-23(26)32)30(38)24-14-20-17-35(18-39-12-13-41(3,4)5)19(2)28(20)29(37)34-24/h7-10,14-17H,6,11-13,18,33H2,1-5H3,(H,34,37). The third-order valence-electron chi connectivity index (χ3n) is 6.69. The van der Waals surface area contributed by atoms with Gasteiger partial charge in [0, 0.05) is 50.3 Å². The number of aromatic nitrogens is 2. The number of carbonyl (C=O) groups is 1. The first kappa shape index (κ1) is 30.0. The summed E-state index contributed by atoms with van der Waals surface area (Å²) in [6, 6.07) is 10.2. The highest BCUT2D eigenvalue weighted by molar-refractivity contribution is 6.76. The normalized spacial score (nSPS) is 11.7. The monoisotopic (exact) mass is 582 g/mol. The number of benzene rings is 2. The lowest BCUT2D eigenvalue weighted by atomic mass is 10.1. The van der Waals surface area contributed by atoms with Crippen LogP contribution in [0.15, 0.2) is 53.5 Å². The number of pyridine rings is 1. The molecule has 0 unspecified atom stereocenters. The lowest BCUT2D eigenvalue weighted by Crippen LogP contribution is -2.33. The van der Waals surface area contributed by atoms with Crippen LogP contribution in [0.3, 0.4) is 0 Å². The van der Waals surface area contributed by atoms with E-state index in [1.807, 2.05) is 24.6 Å². The summed E-state index contributed by atoms with van der Waals surface area (Å²) in [6.45, 7) is 11.8. The zero-order valence-electron chi connectivity index (χ0n) is 24.0. The molecule has 11 heteroatoms. The van der Waals surface area contributed by atoms with Gasteiger partial charge in [0.05, 0.1) is 11.1 Å². The highest BCUT2D eigenvalue weighted by Gasteiger charge is 2.24. The largest absolute Gasteiger partial charge is 0.452 e. The van der Waals surface area contributed by atoms with Gasteiger partial charge in [0.2, 0.25) is 0 Å². The number of aryl methyl sites for hydroxylation is 1. The summed E-state index contributed by atoms with van der Waals surface area (Å²) >= 11 is 0. The van der Waals surface area contributed by atoms with Crippen molar-refractivity contribution < 1.29 is 23.0 Å². The summed E-state index contributed by atoms with van der Waals surface area (Å²) in [4.78, 5) is 31.2. The molecular formula is C30H36F2N4O4Si. The van der Waals surface area contributed by atoms with Crippen LogP contribution in [0.2, 0.25) is 25.7 Å². The number of aromatic amines is 1. The van der Waals surface area contributed by atoms with Crippen molar-refractivity contribution in [1.29, 1.82) is 0 Å². The van der Waals surface area contributed by atoms with E-state index in [-0.39, 0.29) is 29.4 Å². The van der Waals surface area contributed by atoms with Crippen molar-refractivity contribution in [3.05, 3.63) is 82.0 Å². The Hall–Kier alpha value is -3.96. The fraction of sp³-hybridized carbons (Fsp3) is 0.333. The molecule has 8 nitrogen and oxygen atoms in total. The molecule has 0 saturated heterocycles. The highest BCUT2D eigenvalue weighted by Crippen LogP contribution is 2.36. The summed E-state index contributed by atoms with van der Waals surface area (Å²) in [5.41, 5.74) is 7.11. The van der Waals surface area contributed by atoms with Gasteiger partial charge in [-0.25, -0.2) is 8.78 Å². The molecule has 0 atom stereocenters. The van der Waals surface area contributed by atoms with E-state index in [1.165, 1.54) is 17.0 Å². The molecule has 2 heterocycles. The zero-order valence-corrected chi connectivity index (χ0v) is 25.0. The zero-order chi connectivity index (χ0) is 29.9. The molecule has 4 rings (SSSR count). The molecule has 3 N–H and O–H groups in total. The van der Waals surface area contributed by atoms with Gasteiger partial charge in [-0.1, -0.05) is 26.6 Å². The molecule has 2 aromatic carbocycles. The Labute approximate surface area is 238 Å². The Bertz CT molecular complexity index is 1630. The first-order chi connectivity index (χ1) is 19.4. The van der Waals surface area contributed by atoms with Crippen molar-refractivity contribution in [3.8, 4) is 11.5 Å². The number of nitrogen functional groups attached to an aromatic ring is 1. The third kappa shape index (κ3) is 7.03. The summed E-state index contributed by atoms with van der Waals surface area (Å²) in [5.74, 6) is -2.18. The summed E-state index contributed by atoms with van der Waals surface area (Å²) < 4.78 is 41.3. The van der Waals surface area contributed by atoms with Crippen LogP contribution >= 0.6 is 0 Å². The number of anilines is 2. The number of H-pyrrole nitrogens is 1. The summed E-state index contributed by atoms with van der Waals surface area (Å²) in [7, 11) is -1.23. The van der Waals surface area contributed by atoms with Crippen molar-refractivity contribution >= 4 is 36.1 Å². The molecule has 0 bridgehead atoms. The van der Waals surface area contributed by atoms with E-state index < -0.39 is 31.2 Å². The van der Waals surface area contributed by atoms with Gasteiger partial charge >= 0.3 is 0 Å². The molecule has 218 valence electrons. The van der Waals surface area contributed by atoms with E-state index in [0.717, 1.165) is 17.8 Å². The molecule has 0 fully saturated rings. The molecule has 2 aromatic heterocycles. The number of hydrogen-bond donors (Lipinski definition) is 2. The maximum atomic E-state index is 14.4. The Morgan fingerprint density at radius 3 is 2.51 bits per heavy atom. The van der Waals surface area contributed by atoms with Gasteiger partial charge in [-0.05, 0) is 55.8 Å². The Morgan fingerprint density at radius 2 is 1.83 bits per heavy atom. The van der Waals surface area contributed by atoms with E-state index in [1.54, 1.807) is 18.2 Å². The highest BCUT2D eigenvalue weighted by atomic mass is 28.3. The lowest BCUT2D eigenvalue weighted by Gasteiger charge is -2.25. The minimum Gasteiger partial charge on any atom is -0.452 e. The first-order valence-corrected chi connectivity index (χ1v) is 17.2. The topological polar surface area (TPSA) is 103 Å². The minimum atomic E-state index is -1.23. The van der Waals surface area contributed by atoms with Crippen molar-refractivity contribution in [3.63, 3.8) is 0 Å². The second-order valence-corrected chi connectivity index (χ2v) is 16.9. The number of nitrogens with two attached hydrogens (primary N) is 1. The number of carbonyl (C=O) groups excluding carboxylic acids is 1. The summed E-state index contributed by atoms with van der Waals surface area (Å²) in [6.07, 6.45) is 2.38. The minimum absolute atomic E-state index is 0.0779. The Kier molecular flexibility index (Phi) is 8.98. The van der Waals surface area contributed by atoms with Crippen molar-refractivity contribution in [1.82, 2.24) is 9.55 Å². The molecule has 4 aromatic rings. The Morgan fingerprint density at radius 1 is 1.10 bits per heavy atom. The maximum absolute atomic E-state index is 14.4. The average Bonchev–Trinajstić information content (AvgIpc) is 3.22. The maximum Gasteiger partial charge on any atom is 0.274 e. The number of nitrogens with zero attached hydrogens (tertiary/aromatic N) is 2. The van der Waals surface area contributed by atoms with Gasteiger partial charge < -0.3 is 29.7 Å². The van der Waals surface area contributed by atoms with Crippen LogP contribution in [0.5, 0.6) is 11.5 Å². The second kappa shape index (κ2) is 12.3. The molecule has 41 heavy (non-hydrogen) atoms. The molecule has 0 aliphatic rings. The smallest absolute Gasteiger partial charge is 0.274 e. The predicted molar refractivity (Wildman–Crippen MR) is 161 cm³/mol. The lowest BCUT2D eigenvalue weighted by molar-refractivity contribution is 0.0864. The van der Waals surface area contributed by atoms with Gasteiger partial charge in [-0.15, -0.1) is 0 Å². The number of nitrogens with one attached hydrogen (secondary N) is 1. The molecule has 0 radical (unpaired) electrons. The van der Waals surface area contributed by atoms with Crippen molar-refractivity contribution in [2.75, 3.05) is 23.8 Å². The first-order valence-electron chi connectivity index (χ1n) is 13.5. The van der Waals surface area contributed by atoms with E-state index in [0.29, 0.717) is 42.3 Å². The number of amides is 1. The molecule has 0 aliphatic carbocycles. The van der Waals surface area contributed by atoms with Crippen LogP contribution in [0.25, 0.3) is 10.8 Å². The predicted octanol–water partition coefficient (Wildman–Crippen LogP) is 6.66. The van der Waals surface area contributed by atoms with Crippen LogP contribution in [0.4, 0.5) is 20.2 Å². The van der Waals surface area contributed by atoms with Crippen LogP contribution in [-0.4, -0.2) is 36.7 Å². The summed E-state index contributed by atoms with van der Waals surface area (Å²) in [5, 5.41) is 1.09. The van der Waals surface area contributed by atoms with E-state index in [4.69, 9.17) is 15.2 Å². The SMILES string of the molecule is CCCN(C(=O)c1cc2cn(COCC[Si](C)(C)C)c(C)c2c(=O)[nH]1)c1cc(N)ccc1Oc1ccc(F)cc1F. The van der Waals surface area contributed by atoms with E-state index in [9.17, 15) is 18.4 Å². The van der Waals surface area contributed by atoms with Gasteiger partial charge in [-0.2, -0.15) is 0 Å². The van der Waals surface area contributed by atoms with E-state index in [2.05, 4.69) is 24.6 Å². The van der Waals surface area contributed by atoms with Crippen molar-refractivity contribution in [2.24, 2.45) is 0 Å². The fourth-order valence-corrected chi connectivity index (χ4v) is 5.22. The van der Waals surface area contributed by atoms with Crippen LogP contribution in [0.1, 0.15) is 29.5 Å². The van der Waals surface area contributed by atoms with Crippen LogP contribution < -0.4 is 20.9 Å². The Balaban J connectivity index is 1.67. The number of hydrogen-bond acceptors (Lipinski definition) is 5. The molecule has 0 spiro atoms. The number of fused-ring (bicyclic) bond motifs is 1. The van der Waals surface area contributed by atoms with Gasteiger partial charge in [0.25, 0.3) is 11.5 Å². The fourth-order valence-electron chi connectivity index (χ4n) is 4.46. The quantitative estimate of drug-likeness (QED) is 0.117. The number of halogens is 2. The number of rotatable bonds is 11. The van der Waals surface area contributed by atoms with Gasteiger partial charge in [-0.3, -0.25) is 9.59 Å². The molecule has 0 aliphatic heterocycles. The van der Waals surface area contributed by atoms with Gasteiger partial charge in [0.15, 0.2) is 17.3 Å². The third-order valence-corrected chi connectivity index (χ3v) is 8.39. The molecule has 0 saturated carbocycles. The number of ether oxygens (including phenoxy) is 2. The van der Waals surface area contributed by atoms with E-state index >= 15 is 0 Å². The second-order valence-electron chi connectivity index (χ2n) is 11.2. The van der Waals surface area contributed by atoms with Gasteiger partial charge in [0.1, 0.15) is 18.2 Å². The van der Waals surface area contributed by atoms with Crippen LogP contribution in [0, 0.1) is 18.6 Å². The average molecular weight is 583 g/mol.